The number of anilines is 1. The van der Waals surface area contributed by atoms with E-state index in [4.69, 9.17) is 20.8 Å². The Bertz CT molecular complexity index is 972. The number of amides is 1. The van der Waals surface area contributed by atoms with Gasteiger partial charge in [-0.1, -0.05) is 29.8 Å². The van der Waals surface area contributed by atoms with Gasteiger partial charge in [0.25, 0.3) is 5.91 Å². The van der Waals surface area contributed by atoms with Gasteiger partial charge in [0, 0.05) is 11.8 Å². The molecule has 138 valence electrons. The molecular formula is C19H16ClN3O4. The Kier molecular flexibility index (Phi) is 5.52. The van der Waals surface area contributed by atoms with Crippen molar-refractivity contribution < 1.29 is 18.7 Å². The van der Waals surface area contributed by atoms with Crippen LogP contribution < -0.4 is 5.32 Å². The smallest absolute Gasteiger partial charge is 0.361 e. The Morgan fingerprint density at radius 3 is 2.63 bits per heavy atom. The molecule has 1 atom stereocenters. The van der Waals surface area contributed by atoms with Crippen molar-refractivity contribution in [1.82, 2.24) is 9.97 Å². The highest BCUT2D eigenvalue weighted by Crippen LogP contribution is 2.22. The Labute approximate surface area is 160 Å². The van der Waals surface area contributed by atoms with Gasteiger partial charge in [0.15, 0.2) is 17.0 Å². The minimum atomic E-state index is -1.06. The molecule has 1 N–H and O–H groups in total. The highest BCUT2D eigenvalue weighted by Gasteiger charge is 2.24. The van der Waals surface area contributed by atoms with Gasteiger partial charge in [0.1, 0.15) is 5.76 Å². The largest absolute Gasteiger partial charge is 0.448 e. The van der Waals surface area contributed by atoms with Crippen molar-refractivity contribution in [3.63, 3.8) is 0 Å². The number of nitrogens with zero attached hydrogens (tertiary/aromatic N) is 2. The van der Waals surface area contributed by atoms with Crippen LogP contribution in [0, 0.1) is 6.92 Å². The van der Waals surface area contributed by atoms with E-state index in [1.807, 2.05) is 30.3 Å². The number of benzene rings is 1. The fourth-order valence-corrected chi connectivity index (χ4v) is 2.44. The average Bonchev–Trinajstić information content (AvgIpc) is 3.06. The van der Waals surface area contributed by atoms with Crippen molar-refractivity contribution in [3.8, 4) is 11.5 Å². The maximum absolute atomic E-state index is 12.4. The number of hydrogen-bond acceptors (Lipinski definition) is 6. The van der Waals surface area contributed by atoms with Gasteiger partial charge >= 0.3 is 5.97 Å². The van der Waals surface area contributed by atoms with Crippen molar-refractivity contribution >= 4 is 29.2 Å². The summed E-state index contributed by atoms with van der Waals surface area (Å²) in [6.45, 7) is 3.06. The summed E-state index contributed by atoms with van der Waals surface area (Å²) in [4.78, 5) is 32.7. The van der Waals surface area contributed by atoms with Gasteiger partial charge in [-0.3, -0.25) is 4.79 Å². The molecular weight excluding hydrogens is 370 g/mol. The van der Waals surface area contributed by atoms with Crippen LogP contribution in [0.3, 0.4) is 0 Å². The van der Waals surface area contributed by atoms with Crippen LogP contribution in [0.2, 0.25) is 5.15 Å². The van der Waals surface area contributed by atoms with Crippen LogP contribution in [-0.4, -0.2) is 27.9 Å². The third-order valence-corrected chi connectivity index (χ3v) is 3.98. The SMILES string of the molecule is Cc1oc(-c2ccccc2)nc1C(=O)O[C@H](C)C(=O)Nc1cccnc1Cl. The van der Waals surface area contributed by atoms with Gasteiger partial charge in [-0.25, -0.2) is 14.8 Å². The van der Waals surface area contributed by atoms with Gasteiger partial charge in [0.05, 0.1) is 5.69 Å². The molecule has 0 bridgehead atoms. The summed E-state index contributed by atoms with van der Waals surface area (Å²) in [5, 5.41) is 2.70. The second kappa shape index (κ2) is 8.01. The summed E-state index contributed by atoms with van der Waals surface area (Å²) in [6.07, 6.45) is 0.434. The Morgan fingerprint density at radius 1 is 1.19 bits per heavy atom. The zero-order valence-corrected chi connectivity index (χ0v) is 15.4. The lowest BCUT2D eigenvalue weighted by Gasteiger charge is -2.13. The van der Waals surface area contributed by atoms with Crippen molar-refractivity contribution in [2.45, 2.75) is 20.0 Å². The van der Waals surface area contributed by atoms with E-state index < -0.39 is 18.0 Å². The fraction of sp³-hybridized carbons (Fsp3) is 0.158. The van der Waals surface area contributed by atoms with E-state index in [-0.39, 0.29) is 10.8 Å². The fourth-order valence-electron chi connectivity index (χ4n) is 2.27. The zero-order valence-electron chi connectivity index (χ0n) is 14.6. The van der Waals surface area contributed by atoms with Crippen molar-refractivity contribution in [2.75, 3.05) is 5.32 Å². The molecule has 2 heterocycles. The Balaban J connectivity index is 1.69. The predicted molar refractivity (Wildman–Crippen MR) is 99.4 cm³/mol. The molecule has 2 aromatic heterocycles. The first-order valence-electron chi connectivity index (χ1n) is 8.11. The van der Waals surface area contributed by atoms with Crippen LogP contribution in [0.1, 0.15) is 23.2 Å². The van der Waals surface area contributed by atoms with Gasteiger partial charge < -0.3 is 14.5 Å². The van der Waals surface area contributed by atoms with E-state index in [1.54, 1.807) is 19.1 Å². The van der Waals surface area contributed by atoms with Gasteiger partial charge in [-0.15, -0.1) is 0 Å². The zero-order chi connectivity index (χ0) is 19.4. The first-order valence-corrected chi connectivity index (χ1v) is 8.48. The van der Waals surface area contributed by atoms with Crippen molar-refractivity contribution in [2.24, 2.45) is 0 Å². The third kappa shape index (κ3) is 4.32. The molecule has 0 aliphatic rings. The summed E-state index contributed by atoms with van der Waals surface area (Å²) in [6, 6.07) is 12.4. The van der Waals surface area contributed by atoms with E-state index in [2.05, 4.69) is 15.3 Å². The number of aromatic nitrogens is 2. The van der Waals surface area contributed by atoms with Crippen LogP contribution >= 0.6 is 11.6 Å². The lowest BCUT2D eigenvalue weighted by molar-refractivity contribution is -0.123. The van der Waals surface area contributed by atoms with Crippen LogP contribution in [0.25, 0.3) is 11.5 Å². The number of ether oxygens (including phenoxy) is 1. The molecule has 7 nitrogen and oxygen atoms in total. The lowest BCUT2D eigenvalue weighted by atomic mass is 10.2. The van der Waals surface area contributed by atoms with E-state index in [0.29, 0.717) is 17.3 Å². The second-order valence-corrected chi connectivity index (χ2v) is 6.03. The second-order valence-electron chi connectivity index (χ2n) is 5.67. The summed E-state index contributed by atoms with van der Waals surface area (Å²) in [7, 11) is 0. The highest BCUT2D eigenvalue weighted by atomic mass is 35.5. The molecule has 0 spiro atoms. The molecule has 3 rings (SSSR count). The molecule has 3 aromatic rings. The highest BCUT2D eigenvalue weighted by molar-refractivity contribution is 6.32. The molecule has 0 fully saturated rings. The summed E-state index contributed by atoms with van der Waals surface area (Å²) >= 11 is 5.90. The lowest BCUT2D eigenvalue weighted by Crippen LogP contribution is -2.30. The number of rotatable bonds is 5. The van der Waals surface area contributed by atoms with Crippen LogP contribution in [0.5, 0.6) is 0 Å². The molecule has 1 aromatic carbocycles. The monoisotopic (exact) mass is 385 g/mol. The number of halogens is 1. The Hall–Kier alpha value is -3.19. The maximum atomic E-state index is 12.4. The van der Waals surface area contributed by atoms with E-state index >= 15 is 0 Å². The van der Waals surface area contributed by atoms with E-state index in [0.717, 1.165) is 5.56 Å². The molecule has 0 radical (unpaired) electrons. The third-order valence-electron chi connectivity index (χ3n) is 3.68. The van der Waals surface area contributed by atoms with Gasteiger partial charge in [-0.05, 0) is 38.1 Å². The average molecular weight is 386 g/mol. The number of oxazole rings is 1. The molecule has 0 unspecified atom stereocenters. The first-order chi connectivity index (χ1) is 13.0. The van der Waals surface area contributed by atoms with E-state index in [1.165, 1.54) is 13.1 Å². The first kappa shape index (κ1) is 18.6. The number of hydrogen-bond donors (Lipinski definition) is 1. The molecule has 0 aliphatic carbocycles. The van der Waals surface area contributed by atoms with Crippen LogP contribution in [0.4, 0.5) is 5.69 Å². The number of carbonyl (C=O) groups is 2. The van der Waals surface area contributed by atoms with Gasteiger partial charge in [0.2, 0.25) is 5.89 Å². The number of carbonyl (C=O) groups excluding carboxylic acids is 2. The van der Waals surface area contributed by atoms with Gasteiger partial charge in [-0.2, -0.15) is 0 Å². The number of pyridine rings is 1. The number of aryl methyl sites for hydroxylation is 1. The topological polar surface area (TPSA) is 94.3 Å². The van der Waals surface area contributed by atoms with Crippen LogP contribution in [0.15, 0.2) is 53.1 Å². The molecule has 0 aliphatic heterocycles. The number of nitrogens with one attached hydrogen (secondary N) is 1. The van der Waals surface area contributed by atoms with Crippen molar-refractivity contribution in [1.29, 1.82) is 0 Å². The minimum Gasteiger partial charge on any atom is -0.448 e. The molecule has 0 saturated carbocycles. The minimum absolute atomic E-state index is 0.0212. The summed E-state index contributed by atoms with van der Waals surface area (Å²) in [5.41, 5.74) is 1.08. The van der Waals surface area contributed by atoms with Crippen molar-refractivity contribution in [3.05, 3.63) is 65.3 Å². The summed E-state index contributed by atoms with van der Waals surface area (Å²) < 4.78 is 10.7. The Morgan fingerprint density at radius 2 is 1.93 bits per heavy atom. The standard InChI is InChI=1S/C19H16ClN3O4/c1-11-15(23-18(26-11)13-7-4-3-5-8-13)19(25)27-12(2)17(24)22-14-9-6-10-21-16(14)20/h3-10,12H,1-2H3,(H,22,24)/t12-/m1/s1. The maximum Gasteiger partial charge on any atom is 0.361 e. The molecule has 8 heteroatoms. The van der Waals surface area contributed by atoms with E-state index in [9.17, 15) is 9.59 Å². The number of esters is 1. The normalized spacial score (nSPS) is 11.7. The summed E-state index contributed by atoms with van der Waals surface area (Å²) in [5.74, 6) is -0.679. The van der Waals surface area contributed by atoms with Crippen LogP contribution in [-0.2, 0) is 9.53 Å². The molecule has 0 saturated heterocycles. The predicted octanol–water partition coefficient (Wildman–Crippen LogP) is 3.88. The molecule has 1 amide bonds. The quantitative estimate of drug-likeness (QED) is 0.529. The molecule has 27 heavy (non-hydrogen) atoms.